The first kappa shape index (κ1) is 12.7. The van der Waals surface area contributed by atoms with Gasteiger partial charge < -0.3 is 15.7 Å². The van der Waals surface area contributed by atoms with Crippen LogP contribution in [0.5, 0.6) is 5.75 Å². The lowest BCUT2D eigenvalue weighted by molar-refractivity contribution is 0.332. The van der Waals surface area contributed by atoms with Crippen LogP contribution in [0.25, 0.3) is 0 Å². The van der Waals surface area contributed by atoms with E-state index in [2.05, 4.69) is 16.8 Å². The van der Waals surface area contributed by atoms with Crippen molar-refractivity contribution in [3.63, 3.8) is 0 Å². The van der Waals surface area contributed by atoms with Gasteiger partial charge in [-0.2, -0.15) is 0 Å². The van der Waals surface area contributed by atoms with Gasteiger partial charge in [-0.25, -0.2) is 0 Å². The second-order valence-corrected chi connectivity index (χ2v) is 4.77. The molecule has 0 amide bonds. The van der Waals surface area contributed by atoms with Gasteiger partial charge in [0.25, 0.3) is 0 Å². The monoisotopic (exact) mass is 247 g/mol. The normalized spacial score (nSPS) is 19.1. The summed E-state index contributed by atoms with van der Waals surface area (Å²) < 4.78 is 0. The summed E-state index contributed by atoms with van der Waals surface area (Å²) in [5, 5.41) is 9.27. The standard InChI is InChI=1S/C14H21N3O/c1-2-3-8-17-12(10-16-14(17)15)9-11-4-6-13(18)7-5-11/h4-7,12,18H,2-3,8-10H2,1H3,(H2,15,16)/t12-/m0/s1. The van der Waals surface area contributed by atoms with Gasteiger partial charge in [0.1, 0.15) is 5.75 Å². The van der Waals surface area contributed by atoms with Crippen LogP contribution in [0.1, 0.15) is 25.3 Å². The molecule has 0 saturated carbocycles. The van der Waals surface area contributed by atoms with Crippen LogP contribution in [0, 0.1) is 0 Å². The van der Waals surface area contributed by atoms with Crippen LogP contribution in [-0.4, -0.2) is 35.1 Å². The summed E-state index contributed by atoms with van der Waals surface area (Å²) in [4.78, 5) is 6.54. The summed E-state index contributed by atoms with van der Waals surface area (Å²) in [6.45, 7) is 3.93. The fourth-order valence-electron chi connectivity index (χ4n) is 2.28. The van der Waals surface area contributed by atoms with Gasteiger partial charge in [0.2, 0.25) is 0 Å². The van der Waals surface area contributed by atoms with Gasteiger partial charge in [-0.15, -0.1) is 0 Å². The Morgan fingerprint density at radius 2 is 2.11 bits per heavy atom. The molecule has 1 heterocycles. The Bertz CT molecular complexity index is 414. The third-order valence-corrected chi connectivity index (χ3v) is 3.36. The van der Waals surface area contributed by atoms with Crippen LogP contribution in [0.2, 0.25) is 0 Å². The maximum absolute atomic E-state index is 9.27. The van der Waals surface area contributed by atoms with Gasteiger partial charge in [0.05, 0.1) is 12.6 Å². The van der Waals surface area contributed by atoms with Crippen LogP contribution in [-0.2, 0) is 6.42 Å². The van der Waals surface area contributed by atoms with Gasteiger partial charge in [-0.05, 0) is 30.5 Å². The highest BCUT2D eigenvalue weighted by atomic mass is 16.3. The average molecular weight is 247 g/mol. The highest BCUT2D eigenvalue weighted by Gasteiger charge is 2.25. The Morgan fingerprint density at radius 3 is 2.78 bits per heavy atom. The molecule has 0 aliphatic carbocycles. The zero-order valence-electron chi connectivity index (χ0n) is 10.8. The third kappa shape index (κ3) is 2.94. The van der Waals surface area contributed by atoms with Crippen LogP contribution in [0.15, 0.2) is 29.3 Å². The molecule has 1 aliphatic heterocycles. The van der Waals surface area contributed by atoms with Crippen LogP contribution >= 0.6 is 0 Å². The molecule has 0 aromatic heterocycles. The van der Waals surface area contributed by atoms with E-state index in [4.69, 9.17) is 5.73 Å². The maximum Gasteiger partial charge on any atom is 0.191 e. The number of nitrogens with two attached hydrogens (primary N) is 1. The second-order valence-electron chi connectivity index (χ2n) is 4.77. The van der Waals surface area contributed by atoms with Crippen LogP contribution in [0.3, 0.4) is 0 Å². The molecule has 1 aliphatic rings. The third-order valence-electron chi connectivity index (χ3n) is 3.36. The largest absolute Gasteiger partial charge is 0.508 e. The zero-order chi connectivity index (χ0) is 13.0. The van der Waals surface area contributed by atoms with Crippen molar-refractivity contribution in [1.82, 2.24) is 4.90 Å². The van der Waals surface area contributed by atoms with Crippen molar-refractivity contribution >= 4 is 5.96 Å². The number of phenols is 1. The Labute approximate surface area is 108 Å². The van der Waals surface area contributed by atoms with Gasteiger partial charge in [0, 0.05) is 6.54 Å². The molecular weight excluding hydrogens is 226 g/mol. The fraction of sp³-hybridized carbons (Fsp3) is 0.500. The summed E-state index contributed by atoms with van der Waals surface area (Å²) >= 11 is 0. The van der Waals surface area contributed by atoms with Crippen molar-refractivity contribution < 1.29 is 5.11 Å². The number of aromatic hydroxyl groups is 1. The molecule has 1 aromatic carbocycles. The number of benzene rings is 1. The average Bonchev–Trinajstić information content (AvgIpc) is 2.71. The van der Waals surface area contributed by atoms with Crippen molar-refractivity contribution in [1.29, 1.82) is 0 Å². The van der Waals surface area contributed by atoms with Crippen molar-refractivity contribution in [2.75, 3.05) is 13.1 Å². The Kier molecular flexibility index (Phi) is 4.07. The second kappa shape index (κ2) is 5.76. The minimum absolute atomic E-state index is 0.309. The molecule has 18 heavy (non-hydrogen) atoms. The fourth-order valence-corrected chi connectivity index (χ4v) is 2.28. The molecule has 3 N–H and O–H groups in total. The Morgan fingerprint density at radius 1 is 1.39 bits per heavy atom. The first-order chi connectivity index (χ1) is 8.70. The van der Waals surface area contributed by atoms with Gasteiger partial charge in [-0.3, -0.25) is 4.99 Å². The predicted octanol–water partition coefficient (Wildman–Crippen LogP) is 1.73. The van der Waals surface area contributed by atoms with E-state index in [1.54, 1.807) is 12.1 Å². The smallest absolute Gasteiger partial charge is 0.191 e. The number of phenolic OH excluding ortho intramolecular Hbond substituents is 1. The van der Waals surface area contributed by atoms with E-state index in [-0.39, 0.29) is 0 Å². The van der Waals surface area contributed by atoms with E-state index >= 15 is 0 Å². The maximum atomic E-state index is 9.27. The molecule has 4 heteroatoms. The molecule has 0 spiro atoms. The van der Waals surface area contributed by atoms with E-state index in [1.165, 1.54) is 5.56 Å². The van der Waals surface area contributed by atoms with Crippen LogP contribution < -0.4 is 5.73 Å². The van der Waals surface area contributed by atoms with Gasteiger partial charge in [0.15, 0.2) is 5.96 Å². The molecule has 1 atom stereocenters. The number of unbranched alkanes of at least 4 members (excludes halogenated alkanes) is 1. The highest BCUT2D eigenvalue weighted by molar-refractivity contribution is 5.80. The van der Waals surface area contributed by atoms with E-state index in [9.17, 15) is 5.11 Å². The van der Waals surface area contributed by atoms with E-state index in [0.29, 0.717) is 17.8 Å². The SMILES string of the molecule is CCCCN1C(N)=NC[C@@H]1Cc1ccc(O)cc1. The number of hydrogen-bond donors (Lipinski definition) is 2. The molecule has 4 nitrogen and oxygen atoms in total. The summed E-state index contributed by atoms with van der Waals surface area (Å²) in [7, 11) is 0. The molecule has 1 aromatic rings. The van der Waals surface area contributed by atoms with Crippen LogP contribution in [0.4, 0.5) is 0 Å². The minimum Gasteiger partial charge on any atom is -0.508 e. The summed E-state index contributed by atoms with van der Waals surface area (Å²) in [6, 6.07) is 7.74. The predicted molar refractivity (Wildman–Crippen MR) is 73.7 cm³/mol. The van der Waals surface area contributed by atoms with E-state index in [0.717, 1.165) is 32.4 Å². The number of hydrogen-bond acceptors (Lipinski definition) is 4. The summed E-state index contributed by atoms with van der Waals surface area (Å²) in [5.74, 6) is 0.982. The summed E-state index contributed by atoms with van der Waals surface area (Å²) in [6.07, 6.45) is 3.23. The van der Waals surface area contributed by atoms with Crippen molar-refractivity contribution in [2.24, 2.45) is 10.7 Å². The minimum atomic E-state index is 0.309. The van der Waals surface area contributed by atoms with Crippen molar-refractivity contribution in [2.45, 2.75) is 32.2 Å². The van der Waals surface area contributed by atoms with Crippen molar-refractivity contribution in [3.05, 3.63) is 29.8 Å². The van der Waals surface area contributed by atoms with Gasteiger partial charge in [-0.1, -0.05) is 25.5 Å². The quantitative estimate of drug-likeness (QED) is 0.833. The molecule has 0 unspecified atom stereocenters. The number of nitrogens with zero attached hydrogens (tertiary/aromatic N) is 2. The molecular formula is C14H21N3O. The zero-order valence-corrected chi connectivity index (χ0v) is 10.8. The summed E-state index contributed by atoms with van der Waals surface area (Å²) in [5.41, 5.74) is 7.14. The first-order valence-corrected chi connectivity index (χ1v) is 6.55. The molecule has 2 rings (SSSR count). The number of guanidine groups is 1. The Balaban J connectivity index is 1.98. The topological polar surface area (TPSA) is 61.8 Å². The van der Waals surface area contributed by atoms with Crippen molar-refractivity contribution in [3.8, 4) is 5.75 Å². The molecule has 0 radical (unpaired) electrons. The molecule has 0 fully saturated rings. The first-order valence-electron chi connectivity index (χ1n) is 6.55. The van der Waals surface area contributed by atoms with E-state index < -0.39 is 0 Å². The lowest BCUT2D eigenvalue weighted by Gasteiger charge is -2.26. The Hall–Kier alpha value is -1.71. The lowest BCUT2D eigenvalue weighted by atomic mass is 10.0. The molecule has 0 bridgehead atoms. The highest BCUT2D eigenvalue weighted by Crippen LogP contribution is 2.17. The van der Waals surface area contributed by atoms with Gasteiger partial charge >= 0.3 is 0 Å². The molecule has 0 saturated heterocycles. The molecule has 98 valence electrons. The van der Waals surface area contributed by atoms with E-state index in [1.807, 2.05) is 12.1 Å². The lowest BCUT2D eigenvalue weighted by Crippen LogP contribution is -2.42. The number of aliphatic imine (C=N–C) groups is 1. The number of rotatable bonds is 5.